The minimum Gasteiger partial charge on any atom is -0.472 e. The van der Waals surface area contributed by atoms with E-state index in [2.05, 4.69) is 24.5 Å². The number of para-hydroxylation sites is 1. The summed E-state index contributed by atoms with van der Waals surface area (Å²) in [5.74, 6) is 5.69. The van der Waals surface area contributed by atoms with Crippen LogP contribution in [0.15, 0.2) is 53.3 Å². The van der Waals surface area contributed by atoms with Gasteiger partial charge in [0.25, 0.3) is 0 Å². The Labute approximate surface area is 117 Å². The van der Waals surface area contributed by atoms with Crippen LogP contribution in [0, 0.1) is 6.92 Å². The predicted molar refractivity (Wildman–Crippen MR) is 79.0 cm³/mol. The van der Waals surface area contributed by atoms with Gasteiger partial charge in [0, 0.05) is 5.39 Å². The number of nitrogens with one attached hydrogen (secondary N) is 1. The highest BCUT2D eigenvalue weighted by Crippen LogP contribution is 2.22. The van der Waals surface area contributed by atoms with Gasteiger partial charge in [0.15, 0.2) is 0 Å². The molecule has 3 aromatic rings. The van der Waals surface area contributed by atoms with Gasteiger partial charge in [-0.05, 0) is 42.7 Å². The molecule has 3 N–H and O–H groups in total. The van der Waals surface area contributed by atoms with Crippen LogP contribution in [0.5, 0.6) is 0 Å². The van der Waals surface area contributed by atoms with Gasteiger partial charge in [0.2, 0.25) is 0 Å². The third kappa shape index (κ3) is 2.43. The van der Waals surface area contributed by atoms with E-state index >= 15 is 0 Å². The minimum atomic E-state index is -0.0316. The van der Waals surface area contributed by atoms with E-state index in [9.17, 15) is 0 Å². The average molecular weight is 267 g/mol. The lowest BCUT2D eigenvalue weighted by Gasteiger charge is -2.16. The summed E-state index contributed by atoms with van der Waals surface area (Å²) in [5.41, 5.74) is 7.09. The number of benzene rings is 1. The molecule has 1 unspecified atom stereocenters. The number of rotatable bonds is 4. The van der Waals surface area contributed by atoms with Gasteiger partial charge in [-0.3, -0.25) is 16.3 Å². The second-order valence-electron chi connectivity index (χ2n) is 4.94. The second kappa shape index (κ2) is 5.45. The summed E-state index contributed by atoms with van der Waals surface area (Å²) in [6, 6.07) is 12.1. The lowest BCUT2D eigenvalue weighted by molar-refractivity contribution is 0.528. The Balaban J connectivity index is 1.99. The van der Waals surface area contributed by atoms with Crippen LogP contribution in [0.3, 0.4) is 0 Å². The van der Waals surface area contributed by atoms with Crippen molar-refractivity contribution >= 4 is 10.9 Å². The van der Waals surface area contributed by atoms with E-state index in [-0.39, 0.29) is 6.04 Å². The van der Waals surface area contributed by atoms with Crippen LogP contribution in [0.25, 0.3) is 10.9 Å². The molecule has 3 rings (SSSR count). The zero-order chi connectivity index (χ0) is 13.9. The number of nitrogens with zero attached hydrogens (tertiary/aromatic N) is 1. The van der Waals surface area contributed by atoms with Crippen molar-refractivity contribution in [2.45, 2.75) is 19.4 Å². The molecule has 0 bridgehead atoms. The first kappa shape index (κ1) is 12.8. The molecular formula is C16H17N3O. The van der Waals surface area contributed by atoms with E-state index in [1.165, 1.54) is 10.9 Å². The molecule has 20 heavy (non-hydrogen) atoms. The number of pyridine rings is 1. The maximum Gasteiger partial charge on any atom is 0.0935 e. The molecule has 1 atom stereocenters. The summed E-state index contributed by atoms with van der Waals surface area (Å²) in [5, 5.41) is 1.18. The van der Waals surface area contributed by atoms with Crippen molar-refractivity contribution in [3.8, 4) is 0 Å². The maximum absolute atomic E-state index is 5.69. The number of aromatic nitrogens is 1. The van der Waals surface area contributed by atoms with E-state index < -0.39 is 0 Å². The minimum absolute atomic E-state index is 0.0316. The topological polar surface area (TPSA) is 64.1 Å². The molecule has 102 valence electrons. The van der Waals surface area contributed by atoms with Gasteiger partial charge in [0.05, 0.1) is 29.8 Å². The monoisotopic (exact) mass is 267 g/mol. The highest BCUT2D eigenvalue weighted by molar-refractivity contribution is 5.82. The van der Waals surface area contributed by atoms with Gasteiger partial charge in [0.1, 0.15) is 0 Å². The standard InChI is InChI=1S/C16H17N3O/c1-11-8-15(18-14-5-3-2-4-13(11)14)16(19-17)9-12-6-7-20-10-12/h2-8,10,16,19H,9,17H2,1H3. The van der Waals surface area contributed by atoms with Gasteiger partial charge in [-0.25, -0.2) is 0 Å². The number of hydrazine groups is 1. The molecule has 2 heterocycles. The van der Waals surface area contributed by atoms with Crippen LogP contribution in [0.1, 0.15) is 22.9 Å². The number of aryl methyl sites for hydroxylation is 1. The van der Waals surface area contributed by atoms with Crippen LogP contribution < -0.4 is 11.3 Å². The number of hydrogen-bond acceptors (Lipinski definition) is 4. The first-order valence-corrected chi connectivity index (χ1v) is 6.61. The number of nitrogens with two attached hydrogens (primary N) is 1. The summed E-state index contributed by atoms with van der Waals surface area (Å²) < 4.78 is 5.10. The molecule has 0 aliphatic rings. The molecule has 2 aromatic heterocycles. The Morgan fingerprint density at radius 1 is 1.30 bits per heavy atom. The summed E-state index contributed by atoms with van der Waals surface area (Å²) in [6.45, 7) is 2.10. The largest absolute Gasteiger partial charge is 0.472 e. The molecule has 0 saturated carbocycles. The van der Waals surface area contributed by atoms with Crippen LogP contribution >= 0.6 is 0 Å². The summed E-state index contributed by atoms with van der Waals surface area (Å²) in [6.07, 6.45) is 4.15. The summed E-state index contributed by atoms with van der Waals surface area (Å²) in [4.78, 5) is 4.71. The van der Waals surface area contributed by atoms with Gasteiger partial charge in [-0.2, -0.15) is 0 Å². The van der Waals surface area contributed by atoms with Crippen molar-refractivity contribution < 1.29 is 4.42 Å². The second-order valence-corrected chi connectivity index (χ2v) is 4.94. The Morgan fingerprint density at radius 2 is 2.15 bits per heavy atom. The quantitative estimate of drug-likeness (QED) is 0.563. The molecule has 0 radical (unpaired) electrons. The Kier molecular flexibility index (Phi) is 3.50. The average Bonchev–Trinajstić information content (AvgIpc) is 2.97. The van der Waals surface area contributed by atoms with E-state index in [1.54, 1.807) is 12.5 Å². The van der Waals surface area contributed by atoms with Crippen LogP contribution in [-0.4, -0.2) is 4.98 Å². The van der Waals surface area contributed by atoms with E-state index in [1.807, 2.05) is 24.3 Å². The molecule has 4 heteroatoms. The lowest BCUT2D eigenvalue weighted by atomic mass is 10.0. The molecule has 0 aliphatic heterocycles. The van der Waals surface area contributed by atoms with Crippen LogP contribution in [0.2, 0.25) is 0 Å². The molecular weight excluding hydrogens is 250 g/mol. The van der Waals surface area contributed by atoms with E-state index in [4.69, 9.17) is 15.2 Å². The van der Waals surface area contributed by atoms with Gasteiger partial charge in [-0.15, -0.1) is 0 Å². The van der Waals surface area contributed by atoms with Crippen molar-refractivity contribution in [3.05, 3.63) is 65.7 Å². The first-order valence-electron chi connectivity index (χ1n) is 6.61. The van der Waals surface area contributed by atoms with Crippen molar-refractivity contribution in [1.29, 1.82) is 0 Å². The fourth-order valence-corrected chi connectivity index (χ4v) is 2.45. The summed E-state index contributed by atoms with van der Waals surface area (Å²) in [7, 11) is 0. The van der Waals surface area contributed by atoms with Crippen LogP contribution in [-0.2, 0) is 6.42 Å². The van der Waals surface area contributed by atoms with Crippen molar-refractivity contribution in [2.24, 2.45) is 5.84 Å². The zero-order valence-electron chi connectivity index (χ0n) is 11.3. The maximum atomic E-state index is 5.69. The molecule has 0 amide bonds. The predicted octanol–water partition coefficient (Wildman–Crippen LogP) is 2.88. The molecule has 0 aliphatic carbocycles. The fraction of sp³-hybridized carbons (Fsp3) is 0.188. The highest BCUT2D eigenvalue weighted by Gasteiger charge is 2.14. The molecule has 0 fully saturated rings. The van der Waals surface area contributed by atoms with Crippen molar-refractivity contribution in [1.82, 2.24) is 10.4 Å². The number of fused-ring (bicyclic) bond motifs is 1. The fourth-order valence-electron chi connectivity index (χ4n) is 2.45. The molecule has 4 nitrogen and oxygen atoms in total. The van der Waals surface area contributed by atoms with E-state index in [0.29, 0.717) is 0 Å². The SMILES string of the molecule is Cc1cc(C(Cc2ccoc2)NN)nc2ccccc12. The van der Waals surface area contributed by atoms with Crippen molar-refractivity contribution in [2.75, 3.05) is 0 Å². The third-order valence-corrected chi connectivity index (χ3v) is 3.52. The first-order chi connectivity index (χ1) is 9.78. The smallest absolute Gasteiger partial charge is 0.0935 e. The Morgan fingerprint density at radius 3 is 2.90 bits per heavy atom. The van der Waals surface area contributed by atoms with Gasteiger partial charge >= 0.3 is 0 Å². The molecule has 1 aromatic carbocycles. The zero-order valence-corrected chi connectivity index (χ0v) is 11.3. The van der Waals surface area contributed by atoms with Crippen LogP contribution in [0.4, 0.5) is 0 Å². The number of furan rings is 1. The normalized spacial score (nSPS) is 12.7. The van der Waals surface area contributed by atoms with Gasteiger partial charge in [-0.1, -0.05) is 18.2 Å². The highest BCUT2D eigenvalue weighted by atomic mass is 16.3. The Hall–Kier alpha value is -2.17. The van der Waals surface area contributed by atoms with E-state index in [0.717, 1.165) is 23.2 Å². The number of hydrogen-bond donors (Lipinski definition) is 2. The van der Waals surface area contributed by atoms with Crippen molar-refractivity contribution in [3.63, 3.8) is 0 Å². The third-order valence-electron chi connectivity index (χ3n) is 3.52. The molecule has 0 saturated heterocycles. The Bertz CT molecular complexity index is 707. The lowest BCUT2D eigenvalue weighted by Crippen LogP contribution is -2.30. The summed E-state index contributed by atoms with van der Waals surface area (Å²) >= 11 is 0. The molecule has 0 spiro atoms. The van der Waals surface area contributed by atoms with Gasteiger partial charge < -0.3 is 4.42 Å².